The van der Waals surface area contributed by atoms with Gasteiger partial charge in [0.05, 0.1) is 12.9 Å². The summed E-state index contributed by atoms with van der Waals surface area (Å²) >= 11 is 0. The molecular formula is C42H78O6. The van der Waals surface area contributed by atoms with E-state index < -0.39 is 29.5 Å². The normalized spacial score (nSPS) is 17.0. The van der Waals surface area contributed by atoms with Gasteiger partial charge in [-0.15, -0.1) is 0 Å². The Labute approximate surface area is 296 Å². The van der Waals surface area contributed by atoms with Crippen molar-refractivity contribution in [1.82, 2.24) is 0 Å². The molecule has 0 aromatic carbocycles. The molecule has 6 heteroatoms. The maximum absolute atomic E-state index is 12.4. The first-order valence-electron chi connectivity index (χ1n) is 20.0. The minimum atomic E-state index is -2.36. The van der Waals surface area contributed by atoms with Crippen molar-refractivity contribution >= 4 is 0 Å². The standard InChI is InChI=1S/C42H78O6/c1-5-9-13-17-21-25-29-33-40(45,37-43)39(44)42(47,35-31-27-23-19-15-11-7-3)41(46,34-30-26-22-18-14-10-6-2)38-48-36-32-28-24-20-16-12-8-4/h29-36,39,43-47H,5-28,37-38H2,1-4H3/t39-,40+,41-,42+/m1/s1. The molecule has 6 nitrogen and oxygen atoms in total. The zero-order valence-electron chi connectivity index (χ0n) is 31.7. The molecule has 5 N–H and O–H groups in total. The second-order valence-corrected chi connectivity index (χ2v) is 14.0. The van der Waals surface area contributed by atoms with Gasteiger partial charge in [-0.05, 0) is 57.4 Å². The van der Waals surface area contributed by atoms with E-state index in [-0.39, 0.29) is 6.61 Å². The average Bonchev–Trinajstić information content (AvgIpc) is 3.09. The van der Waals surface area contributed by atoms with Crippen LogP contribution < -0.4 is 0 Å². The highest BCUT2D eigenvalue weighted by atomic mass is 16.5. The molecule has 4 atom stereocenters. The van der Waals surface area contributed by atoms with E-state index in [0.29, 0.717) is 19.3 Å². The number of ether oxygens (including phenoxy) is 1. The van der Waals surface area contributed by atoms with Crippen molar-refractivity contribution in [2.24, 2.45) is 0 Å². The molecule has 0 saturated carbocycles. The molecule has 0 radical (unpaired) electrons. The van der Waals surface area contributed by atoms with Crippen LogP contribution >= 0.6 is 0 Å². The maximum atomic E-state index is 12.4. The van der Waals surface area contributed by atoms with Crippen LogP contribution in [0.4, 0.5) is 0 Å². The SMILES string of the molecule is CCCCCCCC=COC[C@](O)(C=CCCCCCCC)[C@](O)(C=CCCCCCCC)[C@H](O)[C@](O)(C=CCCCCCCC)CO. The molecule has 0 aliphatic carbocycles. The van der Waals surface area contributed by atoms with Gasteiger partial charge >= 0.3 is 0 Å². The number of hydrogen-bond acceptors (Lipinski definition) is 6. The van der Waals surface area contributed by atoms with Crippen LogP contribution in [0.15, 0.2) is 48.8 Å². The lowest BCUT2D eigenvalue weighted by Gasteiger charge is -2.46. The smallest absolute Gasteiger partial charge is 0.151 e. The van der Waals surface area contributed by atoms with Crippen molar-refractivity contribution in [2.75, 3.05) is 13.2 Å². The van der Waals surface area contributed by atoms with Crippen LogP contribution in [0, 0.1) is 0 Å². The molecule has 282 valence electrons. The van der Waals surface area contributed by atoms with Gasteiger partial charge in [0.1, 0.15) is 23.9 Å². The Bertz CT molecular complexity index is 838. The molecule has 0 bridgehead atoms. The second-order valence-electron chi connectivity index (χ2n) is 14.0. The van der Waals surface area contributed by atoms with Crippen LogP contribution in [-0.4, -0.2) is 61.7 Å². The summed E-state index contributed by atoms with van der Waals surface area (Å²) in [4.78, 5) is 0. The summed E-state index contributed by atoms with van der Waals surface area (Å²) in [5.41, 5.74) is -6.62. The molecule has 0 aromatic heterocycles. The second kappa shape index (κ2) is 30.4. The molecule has 48 heavy (non-hydrogen) atoms. The zero-order chi connectivity index (χ0) is 35.8. The largest absolute Gasteiger partial charge is 0.498 e. The summed E-state index contributed by atoms with van der Waals surface area (Å²) in [5, 5.41) is 58.3. The van der Waals surface area contributed by atoms with Gasteiger partial charge in [-0.1, -0.05) is 167 Å². The van der Waals surface area contributed by atoms with Gasteiger partial charge < -0.3 is 30.3 Å². The molecular weight excluding hydrogens is 600 g/mol. The predicted octanol–water partition coefficient (Wildman–Crippen LogP) is 10.2. The van der Waals surface area contributed by atoms with E-state index in [0.717, 1.165) is 96.3 Å². The summed E-state index contributed by atoms with van der Waals surface area (Å²) in [6.07, 6.45) is 36.4. The molecule has 0 spiro atoms. The van der Waals surface area contributed by atoms with E-state index in [4.69, 9.17) is 4.74 Å². The number of hydrogen-bond donors (Lipinski definition) is 5. The van der Waals surface area contributed by atoms with Gasteiger partial charge in [0.2, 0.25) is 0 Å². The van der Waals surface area contributed by atoms with Crippen molar-refractivity contribution in [3.05, 3.63) is 48.8 Å². The highest BCUT2D eigenvalue weighted by Crippen LogP contribution is 2.36. The molecule has 0 saturated heterocycles. The third kappa shape index (κ3) is 20.3. The lowest BCUT2D eigenvalue weighted by molar-refractivity contribution is -0.213. The number of aliphatic hydroxyl groups excluding tert-OH is 2. The van der Waals surface area contributed by atoms with Crippen molar-refractivity contribution in [2.45, 2.75) is 205 Å². The minimum Gasteiger partial charge on any atom is -0.498 e. The van der Waals surface area contributed by atoms with Gasteiger partial charge in [0.25, 0.3) is 0 Å². The molecule has 0 unspecified atom stereocenters. The van der Waals surface area contributed by atoms with E-state index >= 15 is 0 Å². The van der Waals surface area contributed by atoms with Crippen LogP contribution in [0.25, 0.3) is 0 Å². The highest BCUT2D eigenvalue weighted by Gasteiger charge is 2.57. The molecule has 0 aliphatic heterocycles. The summed E-state index contributed by atoms with van der Waals surface area (Å²) in [7, 11) is 0. The van der Waals surface area contributed by atoms with Crippen molar-refractivity contribution in [1.29, 1.82) is 0 Å². The fraction of sp³-hybridized carbons (Fsp3) is 0.810. The number of aliphatic hydroxyl groups is 5. The van der Waals surface area contributed by atoms with Crippen molar-refractivity contribution < 1.29 is 30.3 Å². The van der Waals surface area contributed by atoms with Crippen molar-refractivity contribution in [3.63, 3.8) is 0 Å². The van der Waals surface area contributed by atoms with Crippen LogP contribution in [0.1, 0.15) is 182 Å². The number of rotatable bonds is 34. The third-order valence-electron chi connectivity index (χ3n) is 9.40. The zero-order valence-corrected chi connectivity index (χ0v) is 31.7. The van der Waals surface area contributed by atoms with E-state index in [1.165, 1.54) is 56.8 Å². The fourth-order valence-corrected chi connectivity index (χ4v) is 5.98. The van der Waals surface area contributed by atoms with Gasteiger partial charge in [0.15, 0.2) is 5.60 Å². The summed E-state index contributed by atoms with van der Waals surface area (Å²) in [6, 6.07) is 0. The Morgan fingerprint density at radius 2 is 0.875 bits per heavy atom. The Balaban J connectivity index is 6.22. The minimum absolute atomic E-state index is 0.331. The van der Waals surface area contributed by atoms with E-state index in [1.54, 1.807) is 18.4 Å². The van der Waals surface area contributed by atoms with Crippen LogP contribution in [-0.2, 0) is 4.74 Å². The molecule has 0 fully saturated rings. The topological polar surface area (TPSA) is 110 Å². The van der Waals surface area contributed by atoms with Crippen molar-refractivity contribution in [3.8, 4) is 0 Å². The van der Waals surface area contributed by atoms with Gasteiger partial charge in [-0.3, -0.25) is 0 Å². The number of unbranched alkanes of at least 4 members (excludes halogenated alkanes) is 20. The number of allylic oxidation sites excluding steroid dienone is 4. The molecule has 0 aromatic rings. The van der Waals surface area contributed by atoms with E-state index in [9.17, 15) is 25.5 Å². The van der Waals surface area contributed by atoms with Crippen LogP contribution in [0.3, 0.4) is 0 Å². The highest BCUT2D eigenvalue weighted by molar-refractivity contribution is 5.28. The third-order valence-corrected chi connectivity index (χ3v) is 9.40. The Morgan fingerprint density at radius 3 is 1.29 bits per heavy atom. The molecule has 0 amide bonds. The van der Waals surface area contributed by atoms with Gasteiger partial charge in [0, 0.05) is 0 Å². The average molecular weight is 679 g/mol. The Hall–Kier alpha value is -1.44. The molecule has 0 rings (SSSR count). The van der Waals surface area contributed by atoms with Gasteiger partial charge in [-0.25, -0.2) is 0 Å². The maximum Gasteiger partial charge on any atom is 0.151 e. The first-order valence-corrected chi connectivity index (χ1v) is 20.0. The first kappa shape index (κ1) is 46.6. The van der Waals surface area contributed by atoms with Gasteiger partial charge in [-0.2, -0.15) is 0 Å². The van der Waals surface area contributed by atoms with E-state index in [1.807, 2.05) is 12.2 Å². The monoisotopic (exact) mass is 679 g/mol. The first-order chi connectivity index (χ1) is 23.2. The van der Waals surface area contributed by atoms with Crippen LogP contribution in [0.5, 0.6) is 0 Å². The van der Waals surface area contributed by atoms with E-state index in [2.05, 4.69) is 27.7 Å². The lowest BCUT2D eigenvalue weighted by atomic mass is 9.72. The Kier molecular flexibility index (Phi) is 29.5. The predicted molar refractivity (Wildman–Crippen MR) is 204 cm³/mol. The molecule has 0 heterocycles. The Morgan fingerprint density at radius 1 is 0.500 bits per heavy atom. The fourth-order valence-electron chi connectivity index (χ4n) is 5.98. The molecule has 0 aliphatic rings. The summed E-state index contributed by atoms with van der Waals surface area (Å²) < 4.78 is 5.85. The summed E-state index contributed by atoms with van der Waals surface area (Å²) in [6.45, 7) is 7.58. The lowest BCUT2D eigenvalue weighted by Crippen LogP contribution is -2.68. The van der Waals surface area contributed by atoms with Crippen LogP contribution in [0.2, 0.25) is 0 Å². The summed E-state index contributed by atoms with van der Waals surface area (Å²) in [5.74, 6) is 0. The quantitative estimate of drug-likeness (QED) is 0.0263.